The van der Waals surface area contributed by atoms with Crippen LogP contribution < -0.4 is 9.64 Å². The number of aromatic nitrogens is 3. The molecule has 2 atom stereocenters. The van der Waals surface area contributed by atoms with Gasteiger partial charge in [-0.2, -0.15) is 5.26 Å². The van der Waals surface area contributed by atoms with Crippen LogP contribution in [0.25, 0.3) is 0 Å². The Morgan fingerprint density at radius 1 is 1.34 bits per heavy atom. The van der Waals surface area contributed by atoms with Crippen LogP contribution in [0.5, 0.6) is 5.75 Å². The first-order valence-electron chi connectivity index (χ1n) is 9.46. The first-order valence-corrected chi connectivity index (χ1v) is 9.46. The van der Waals surface area contributed by atoms with Crippen LogP contribution in [0, 0.1) is 17.2 Å². The minimum Gasteiger partial charge on any atom is -0.486 e. The number of piperazine rings is 1. The summed E-state index contributed by atoms with van der Waals surface area (Å²) in [4.78, 5) is 27.9. The second-order valence-corrected chi connectivity index (χ2v) is 7.30. The van der Waals surface area contributed by atoms with Gasteiger partial charge in [0.2, 0.25) is 5.95 Å². The third kappa shape index (κ3) is 4.37. The molecule has 0 bridgehead atoms. The highest BCUT2D eigenvalue weighted by atomic mass is 16.5. The minimum absolute atomic E-state index is 0.0541. The number of amides is 1. The van der Waals surface area contributed by atoms with Gasteiger partial charge in [0.1, 0.15) is 12.7 Å². The molecule has 3 heterocycles. The molecule has 2 unspecified atom stereocenters. The van der Waals surface area contributed by atoms with E-state index < -0.39 is 6.09 Å². The van der Waals surface area contributed by atoms with Gasteiger partial charge in [0.05, 0.1) is 24.0 Å². The SMILES string of the molecule is CC(C)C1C(C)N(c2ncc(OCc3ccncc3C#N)cn2)CCN1C(=O)O. The number of nitrogens with zero attached hydrogens (tertiary/aromatic N) is 6. The Kier molecular flexibility index (Phi) is 6.12. The lowest BCUT2D eigenvalue weighted by atomic mass is 9.93. The normalized spacial score (nSPS) is 19.1. The molecule has 0 radical (unpaired) electrons. The Morgan fingerprint density at radius 3 is 2.69 bits per heavy atom. The fraction of sp³-hybridized carbons (Fsp3) is 0.450. The maximum Gasteiger partial charge on any atom is 0.407 e. The molecule has 2 aromatic heterocycles. The van der Waals surface area contributed by atoms with Crippen LogP contribution in [0.15, 0.2) is 30.9 Å². The van der Waals surface area contributed by atoms with Gasteiger partial charge in [0.25, 0.3) is 0 Å². The van der Waals surface area contributed by atoms with Crippen LogP contribution in [0.4, 0.5) is 10.7 Å². The lowest BCUT2D eigenvalue weighted by Crippen LogP contribution is -2.62. The Labute approximate surface area is 169 Å². The topological polar surface area (TPSA) is 115 Å². The van der Waals surface area contributed by atoms with Crippen molar-refractivity contribution in [3.05, 3.63) is 42.0 Å². The predicted molar refractivity (Wildman–Crippen MR) is 105 cm³/mol. The van der Waals surface area contributed by atoms with Crippen molar-refractivity contribution < 1.29 is 14.6 Å². The van der Waals surface area contributed by atoms with Crippen LogP contribution in [0.2, 0.25) is 0 Å². The number of hydrogen-bond acceptors (Lipinski definition) is 7. The number of rotatable bonds is 5. The zero-order valence-corrected chi connectivity index (χ0v) is 16.7. The van der Waals surface area contributed by atoms with Gasteiger partial charge in [0, 0.05) is 37.1 Å². The highest BCUT2D eigenvalue weighted by Crippen LogP contribution is 2.26. The van der Waals surface area contributed by atoms with Crippen molar-refractivity contribution in [1.29, 1.82) is 5.26 Å². The number of nitriles is 1. The third-order valence-corrected chi connectivity index (χ3v) is 5.15. The largest absolute Gasteiger partial charge is 0.486 e. The predicted octanol–water partition coefficient (Wildman–Crippen LogP) is 2.54. The molecule has 1 N–H and O–H groups in total. The summed E-state index contributed by atoms with van der Waals surface area (Å²) in [5, 5.41) is 18.6. The quantitative estimate of drug-likeness (QED) is 0.820. The Hall–Kier alpha value is -3.41. The van der Waals surface area contributed by atoms with Gasteiger partial charge in [-0.15, -0.1) is 0 Å². The number of pyridine rings is 1. The standard InChI is InChI=1S/C20H24N6O3/c1-13(2)18-14(3)25(6-7-26(18)20(27)28)19-23-10-17(11-24-19)29-12-15-4-5-22-9-16(15)8-21/h4-5,9-11,13-14,18H,6-7,12H2,1-3H3,(H,27,28). The van der Waals surface area contributed by atoms with E-state index in [4.69, 9.17) is 10.00 Å². The smallest absolute Gasteiger partial charge is 0.407 e. The van der Waals surface area contributed by atoms with Gasteiger partial charge in [-0.1, -0.05) is 13.8 Å². The fourth-order valence-electron chi connectivity index (χ4n) is 3.78. The Bertz CT molecular complexity index is 896. The second kappa shape index (κ2) is 8.73. The molecule has 1 aliphatic rings. The van der Waals surface area contributed by atoms with Crippen LogP contribution in [0.1, 0.15) is 31.9 Å². The van der Waals surface area contributed by atoms with Crippen LogP contribution in [-0.4, -0.2) is 56.2 Å². The van der Waals surface area contributed by atoms with E-state index in [9.17, 15) is 9.90 Å². The highest BCUT2D eigenvalue weighted by Gasteiger charge is 2.39. The van der Waals surface area contributed by atoms with E-state index in [1.54, 1.807) is 24.7 Å². The number of carbonyl (C=O) groups is 1. The van der Waals surface area contributed by atoms with Gasteiger partial charge < -0.3 is 19.6 Å². The first kappa shape index (κ1) is 20.3. The van der Waals surface area contributed by atoms with Crippen molar-refractivity contribution in [2.45, 2.75) is 39.5 Å². The monoisotopic (exact) mass is 396 g/mol. The molecule has 9 heteroatoms. The number of ether oxygens (including phenoxy) is 1. The van der Waals surface area contributed by atoms with Crippen molar-refractivity contribution in [2.75, 3.05) is 18.0 Å². The Balaban J connectivity index is 1.70. The third-order valence-electron chi connectivity index (χ3n) is 5.15. The lowest BCUT2D eigenvalue weighted by Gasteiger charge is -2.46. The molecule has 1 aliphatic heterocycles. The zero-order chi connectivity index (χ0) is 21.0. The van der Waals surface area contributed by atoms with E-state index >= 15 is 0 Å². The van der Waals surface area contributed by atoms with Gasteiger partial charge >= 0.3 is 6.09 Å². The van der Waals surface area contributed by atoms with Crippen LogP contribution in [-0.2, 0) is 6.61 Å². The number of anilines is 1. The molecular weight excluding hydrogens is 372 g/mol. The van der Waals surface area contributed by atoms with Crippen molar-refractivity contribution in [3.8, 4) is 11.8 Å². The highest BCUT2D eigenvalue weighted by molar-refractivity contribution is 5.66. The van der Waals surface area contributed by atoms with E-state index in [1.807, 2.05) is 25.7 Å². The van der Waals surface area contributed by atoms with E-state index in [2.05, 4.69) is 21.0 Å². The molecule has 29 heavy (non-hydrogen) atoms. The van der Waals surface area contributed by atoms with Crippen molar-refractivity contribution >= 4 is 12.0 Å². The van der Waals surface area contributed by atoms with E-state index in [0.29, 0.717) is 30.4 Å². The van der Waals surface area contributed by atoms with E-state index in [0.717, 1.165) is 5.56 Å². The second-order valence-electron chi connectivity index (χ2n) is 7.30. The summed E-state index contributed by atoms with van der Waals surface area (Å²) in [7, 11) is 0. The molecule has 1 amide bonds. The van der Waals surface area contributed by atoms with Gasteiger partial charge in [-0.25, -0.2) is 14.8 Å². The minimum atomic E-state index is -0.896. The Morgan fingerprint density at radius 2 is 2.07 bits per heavy atom. The van der Waals surface area contributed by atoms with Crippen molar-refractivity contribution in [2.24, 2.45) is 5.92 Å². The average Bonchev–Trinajstić information content (AvgIpc) is 2.72. The van der Waals surface area contributed by atoms with Crippen molar-refractivity contribution in [1.82, 2.24) is 19.9 Å². The summed E-state index contributed by atoms with van der Waals surface area (Å²) in [6.07, 6.45) is 5.41. The summed E-state index contributed by atoms with van der Waals surface area (Å²) >= 11 is 0. The number of hydrogen-bond donors (Lipinski definition) is 1. The molecule has 1 fully saturated rings. The fourth-order valence-corrected chi connectivity index (χ4v) is 3.78. The molecule has 0 spiro atoms. The summed E-state index contributed by atoms with van der Waals surface area (Å²) in [5.41, 5.74) is 1.21. The summed E-state index contributed by atoms with van der Waals surface area (Å²) in [6, 6.07) is 3.63. The molecule has 2 aromatic rings. The maximum absolute atomic E-state index is 11.6. The maximum atomic E-state index is 11.6. The van der Waals surface area contributed by atoms with E-state index in [-0.39, 0.29) is 24.6 Å². The molecule has 1 saturated heterocycles. The lowest BCUT2D eigenvalue weighted by molar-refractivity contribution is 0.0869. The first-order chi connectivity index (χ1) is 13.9. The van der Waals surface area contributed by atoms with Crippen LogP contribution in [0.3, 0.4) is 0 Å². The van der Waals surface area contributed by atoms with Crippen LogP contribution >= 0.6 is 0 Å². The number of carboxylic acid groups (broad SMARTS) is 1. The molecule has 0 aromatic carbocycles. The summed E-state index contributed by atoms with van der Waals surface area (Å²) in [5.74, 6) is 1.20. The molecule has 0 saturated carbocycles. The summed E-state index contributed by atoms with van der Waals surface area (Å²) in [6.45, 7) is 7.19. The van der Waals surface area contributed by atoms with E-state index in [1.165, 1.54) is 11.1 Å². The average molecular weight is 396 g/mol. The van der Waals surface area contributed by atoms with Gasteiger partial charge in [-0.3, -0.25) is 4.98 Å². The van der Waals surface area contributed by atoms with Gasteiger partial charge in [0.15, 0.2) is 5.75 Å². The zero-order valence-electron chi connectivity index (χ0n) is 16.7. The molecular formula is C20H24N6O3. The molecule has 0 aliphatic carbocycles. The van der Waals surface area contributed by atoms with Crippen molar-refractivity contribution in [3.63, 3.8) is 0 Å². The summed E-state index contributed by atoms with van der Waals surface area (Å²) < 4.78 is 5.70. The molecule has 152 valence electrons. The molecule has 3 rings (SSSR count). The van der Waals surface area contributed by atoms with Gasteiger partial charge in [-0.05, 0) is 18.9 Å². The molecule has 9 nitrogen and oxygen atoms in total.